The van der Waals surface area contributed by atoms with E-state index in [4.69, 9.17) is 0 Å². The van der Waals surface area contributed by atoms with Gasteiger partial charge in [-0.15, -0.1) is 0 Å². The summed E-state index contributed by atoms with van der Waals surface area (Å²) in [4.78, 5) is 0. The standard InChI is InChI=1S/C17H22N2O/c1-2-8-19-12-16(11-18-19)17(20)10-13-6-7-14-4-3-5-15(14)9-13/h6-7,9,11-12,17,20H,2-5,8,10H2,1H3. The smallest absolute Gasteiger partial charge is 0.0860 e. The van der Waals surface area contributed by atoms with Gasteiger partial charge in [-0.25, -0.2) is 0 Å². The molecule has 1 aromatic heterocycles. The van der Waals surface area contributed by atoms with E-state index in [9.17, 15) is 5.11 Å². The molecule has 3 nitrogen and oxygen atoms in total. The minimum absolute atomic E-state index is 0.458. The summed E-state index contributed by atoms with van der Waals surface area (Å²) in [6.45, 7) is 3.04. The molecule has 20 heavy (non-hydrogen) atoms. The van der Waals surface area contributed by atoms with Gasteiger partial charge in [-0.3, -0.25) is 4.68 Å². The molecular weight excluding hydrogens is 248 g/mol. The van der Waals surface area contributed by atoms with Gasteiger partial charge in [-0.2, -0.15) is 5.10 Å². The fourth-order valence-corrected chi connectivity index (χ4v) is 3.00. The topological polar surface area (TPSA) is 38.0 Å². The molecule has 0 bridgehead atoms. The molecule has 1 aliphatic rings. The van der Waals surface area contributed by atoms with Gasteiger partial charge in [0, 0.05) is 24.7 Å². The second kappa shape index (κ2) is 5.80. The Kier molecular flexibility index (Phi) is 3.88. The summed E-state index contributed by atoms with van der Waals surface area (Å²) in [7, 11) is 0. The molecule has 106 valence electrons. The Hall–Kier alpha value is -1.61. The maximum Gasteiger partial charge on any atom is 0.0860 e. The Balaban J connectivity index is 1.70. The summed E-state index contributed by atoms with van der Waals surface area (Å²) < 4.78 is 1.90. The van der Waals surface area contributed by atoms with Crippen molar-refractivity contribution < 1.29 is 5.11 Å². The first-order valence-corrected chi connectivity index (χ1v) is 7.57. The highest BCUT2D eigenvalue weighted by atomic mass is 16.3. The van der Waals surface area contributed by atoms with Gasteiger partial charge in [0.15, 0.2) is 0 Å². The van der Waals surface area contributed by atoms with Crippen LogP contribution in [0.1, 0.15) is 48.1 Å². The Labute approximate surface area is 120 Å². The molecule has 3 rings (SSSR count). The highest BCUT2D eigenvalue weighted by Gasteiger charge is 2.14. The van der Waals surface area contributed by atoms with Crippen LogP contribution in [0.25, 0.3) is 0 Å². The van der Waals surface area contributed by atoms with Crippen molar-refractivity contribution in [2.45, 2.75) is 51.7 Å². The minimum atomic E-state index is -0.458. The number of rotatable bonds is 5. The summed E-state index contributed by atoms with van der Waals surface area (Å²) >= 11 is 0. The van der Waals surface area contributed by atoms with Crippen molar-refractivity contribution in [3.63, 3.8) is 0 Å². The highest BCUT2D eigenvalue weighted by Crippen LogP contribution is 2.25. The highest BCUT2D eigenvalue weighted by molar-refractivity contribution is 5.35. The number of benzene rings is 1. The molecular formula is C17H22N2O. The van der Waals surface area contributed by atoms with E-state index in [1.54, 1.807) is 6.20 Å². The zero-order valence-electron chi connectivity index (χ0n) is 12.0. The Morgan fingerprint density at radius 1 is 1.30 bits per heavy atom. The number of aliphatic hydroxyl groups excluding tert-OH is 1. The second-order valence-corrected chi connectivity index (χ2v) is 5.71. The minimum Gasteiger partial charge on any atom is -0.388 e. The van der Waals surface area contributed by atoms with Crippen LogP contribution in [0.5, 0.6) is 0 Å². The summed E-state index contributed by atoms with van der Waals surface area (Å²) in [5.74, 6) is 0. The number of aromatic nitrogens is 2. The lowest BCUT2D eigenvalue weighted by Gasteiger charge is -2.10. The van der Waals surface area contributed by atoms with Crippen LogP contribution in [0.4, 0.5) is 0 Å². The molecule has 1 aromatic carbocycles. The maximum atomic E-state index is 10.4. The van der Waals surface area contributed by atoms with E-state index < -0.39 is 6.10 Å². The van der Waals surface area contributed by atoms with Gasteiger partial charge < -0.3 is 5.11 Å². The van der Waals surface area contributed by atoms with E-state index >= 15 is 0 Å². The SMILES string of the molecule is CCCn1cc(C(O)Cc2ccc3c(c2)CCC3)cn1. The van der Waals surface area contributed by atoms with Gasteiger partial charge in [0.05, 0.1) is 12.3 Å². The summed E-state index contributed by atoms with van der Waals surface area (Å²) in [6.07, 6.45) is 8.68. The quantitative estimate of drug-likeness (QED) is 0.906. The van der Waals surface area contributed by atoms with E-state index in [2.05, 4.69) is 30.2 Å². The van der Waals surface area contributed by atoms with Crippen LogP contribution in [0.15, 0.2) is 30.6 Å². The van der Waals surface area contributed by atoms with Crippen LogP contribution in [0.2, 0.25) is 0 Å². The average Bonchev–Trinajstić information content (AvgIpc) is 3.07. The van der Waals surface area contributed by atoms with Gasteiger partial charge >= 0.3 is 0 Å². The van der Waals surface area contributed by atoms with Crippen molar-refractivity contribution in [3.8, 4) is 0 Å². The molecule has 0 aliphatic heterocycles. The molecule has 0 amide bonds. The maximum absolute atomic E-state index is 10.4. The van der Waals surface area contributed by atoms with E-state index in [0.717, 1.165) is 18.5 Å². The van der Waals surface area contributed by atoms with Gasteiger partial charge in [0.2, 0.25) is 0 Å². The third-order valence-electron chi connectivity index (χ3n) is 4.08. The van der Waals surface area contributed by atoms with Crippen molar-refractivity contribution in [1.82, 2.24) is 9.78 Å². The molecule has 3 heteroatoms. The molecule has 0 spiro atoms. The Bertz CT molecular complexity index is 588. The van der Waals surface area contributed by atoms with Crippen LogP contribution in [-0.4, -0.2) is 14.9 Å². The van der Waals surface area contributed by atoms with Gasteiger partial charge in [0.25, 0.3) is 0 Å². The lowest BCUT2D eigenvalue weighted by Crippen LogP contribution is -2.02. The molecule has 0 radical (unpaired) electrons. The van der Waals surface area contributed by atoms with Crippen LogP contribution < -0.4 is 0 Å². The fraction of sp³-hybridized carbons (Fsp3) is 0.471. The number of nitrogens with zero attached hydrogens (tertiary/aromatic N) is 2. The van der Waals surface area contributed by atoms with Crippen molar-refractivity contribution >= 4 is 0 Å². The fourth-order valence-electron chi connectivity index (χ4n) is 3.00. The molecule has 2 aromatic rings. The van der Waals surface area contributed by atoms with Gasteiger partial charge in [-0.1, -0.05) is 25.1 Å². The van der Waals surface area contributed by atoms with Crippen molar-refractivity contribution in [3.05, 3.63) is 52.8 Å². The van der Waals surface area contributed by atoms with E-state index in [1.165, 1.54) is 36.0 Å². The van der Waals surface area contributed by atoms with E-state index in [-0.39, 0.29) is 0 Å². The molecule has 1 unspecified atom stereocenters. The van der Waals surface area contributed by atoms with Crippen molar-refractivity contribution in [2.75, 3.05) is 0 Å². The number of hydrogen-bond donors (Lipinski definition) is 1. The molecule has 1 aliphatic carbocycles. The molecule has 0 saturated carbocycles. The number of aryl methyl sites for hydroxylation is 3. The van der Waals surface area contributed by atoms with E-state index in [0.29, 0.717) is 6.42 Å². The third-order valence-corrected chi connectivity index (χ3v) is 4.08. The van der Waals surface area contributed by atoms with Crippen LogP contribution in [0, 0.1) is 0 Å². The van der Waals surface area contributed by atoms with Crippen LogP contribution in [0.3, 0.4) is 0 Å². The molecule has 1 atom stereocenters. The first-order chi connectivity index (χ1) is 9.76. The Morgan fingerprint density at radius 3 is 3.00 bits per heavy atom. The lowest BCUT2D eigenvalue weighted by atomic mass is 10.00. The zero-order valence-corrected chi connectivity index (χ0v) is 12.0. The van der Waals surface area contributed by atoms with Gasteiger partial charge in [0.1, 0.15) is 0 Å². The average molecular weight is 270 g/mol. The predicted octanol–water partition coefficient (Wildman–Crippen LogP) is 3.06. The monoisotopic (exact) mass is 270 g/mol. The summed E-state index contributed by atoms with van der Waals surface area (Å²) in [5, 5.41) is 14.6. The largest absolute Gasteiger partial charge is 0.388 e. The third kappa shape index (κ3) is 2.78. The lowest BCUT2D eigenvalue weighted by molar-refractivity contribution is 0.178. The summed E-state index contributed by atoms with van der Waals surface area (Å²) in [6, 6.07) is 6.65. The number of aliphatic hydroxyl groups is 1. The molecule has 0 fully saturated rings. The van der Waals surface area contributed by atoms with Crippen molar-refractivity contribution in [1.29, 1.82) is 0 Å². The van der Waals surface area contributed by atoms with Crippen LogP contribution >= 0.6 is 0 Å². The predicted molar refractivity (Wildman–Crippen MR) is 79.6 cm³/mol. The van der Waals surface area contributed by atoms with E-state index in [1.807, 2.05) is 10.9 Å². The van der Waals surface area contributed by atoms with Crippen LogP contribution in [-0.2, 0) is 25.8 Å². The molecule has 1 heterocycles. The zero-order chi connectivity index (χ0) is 13.9. The second-order valence-electron chi connectivity index (χ2n) is 5.71. The van der Waals surface area contributed by atoms with Gasteiger partial charge in [-0.05, 0) is 42.4 Å². The first-order valence-electron chi connectivity index (χ1n) is 7.57. The summed E-state index contributed by atoms with van der Waals surface area (Å²) in [5.41, 5.74) is 5.09. The number of fused-ring (bicyclic) bond motifs is 1. The normalized spacial score (nSPS) is 15.3. The first kappa shape index (κ1) is 13.4. The Morgan fingerprint density at radius 2 is 2.15 bits per heavy atom. The number of hydrogen-bond acceptors (Lipinski definition) is 2. The molecule has 1 N–H and O–H groups in total. The molecule has 0 saturated heterocycles. The van der Waals surface area contributed by atoms with Crippen molar-refractivity contribution in [2.24, 2.45) is 0 Å².